The molecule has 208 valence electrons. The summed E-state index contributed by atoms with van der Waals surface area (Å²) in [7, 11) is 0. The summed E-state index contributed by atoms with van der Waals surface area (Å²) < 4.78 is 14.0. The maximum absolute atomic E-state index is 12.8. The van der Waals surface area contributed by atoms with Crippen molar-refractivity contribution in [3.63, 3.8) is 0 Å². The molecule has 4 bridgehead atoms. The number of rotatable bonds is 9. The maximum atomic E-state index is 12.8. The van der Waals surface area contributed by atoms with Gasteiger partial charge in [-0.25, -0.2) is 14.6 Å². The number of carboxylic acids is 1. The van der Waals surface area contributed by atoms with Crippen molar-refractivity contribution in [1.82, 2.24) is 14.9 Å². The van der Waals surface area contributed by atoms with Crippen molar-refractivity contribution >= 4 is 12.1 Å². The van der Waals surface area contributed by atoms with Crippen LogP contribution >= 0.6 is 0 Å². The van der Waals surface area contributed by atoms with Gasteiger partial charge in [-0.2, -0.15) is 0 Å². The Bertz CT molecular complexity index is 1350. The van der Waals surface area contributed by atoms with Crippen molar-refractivity contribution in [3.8, 4) is 11.1 Å². The van der Waals surface area contributed by atoms with E-state index in [-0.39, 0.29) is 24.5 Å². The van der Waals surface area contributed by atoms with E-state index < -0.39 is 18.1 Å². The van der Waals surface area contributed by atoms with Crippen molar-refractivity contribution in [2.24, 2.45) is 17.8 Å². The number of fused-ring (bicyclic) bond motifs is 3. The van der Waals surface area contributed by atoms with E-state index in [2.05, 4.69) is 22.4 Å². The first-order valence-electron chi connectivity index (χ1n) is 14.4. The monoisotopic (exact) mass is 541 g/mol. The molecule has 4 fully saturated rings. The van der Waals surface area contributed by atoms with Crippen LogP contribution in [-0.4, -0.2) is 45.0 Å². The summed E-state index contributed by atoms with van der Waals surface area (Å²) >= 11 is 0. The fraction of sp³-hybridized carbons (Fsp3) is 0.469. The fourth-order valence-corrected chi connectivity index (χ4v) is 8.24. The molecule has 1 amide bonds. The van der Waals surface area contributed by atoms with Crippen molar-refractivity contribution in [1.29, 1.82) is 0 Å². The molecule has 2 N–H and O–H groups in total. The van der Waals surface area contributed by atoms with Gasteiger partial charge in [-0.1, -0.05) is 48.5 Å². The number of carboxylic acid groups (broad SMARTS) is 1. The van der Waals surface area contributed by atoms with Gasteiger partial charge in [0.05, 0.1) is 11.9 Å². The van der Waals surface area contributed by atoms with E-state index in [4.69, 9.17) is 9.47 Å². The second-order valence-corrected chi connectivity index (χ2v) is 12.3. The Kier molecular flexibility index (Phi) is 6.38. The van der Waals surface area contributed by atoms with Gasteiger partial charge in [-0.3, -0.25) is 0 Å². The van der Waals surface area contributed by atoms with Gasteiger partial charge in [-0.05, 0) is 78.5 Å². The number of nitrogens with zero attached hydrogens (tertiary/aromatic N) is 2. The molecule has 0 unspecified atom stereocenters. The predicted molar refractivity (Wildman–Crippen MR) is 148 cm³/mol. The molecule has 2 aromatic carbocycles. The van der Waals surface area contributed by atoms with Gasteiger partial charge < -0.3 is 24.5 Å². The van der Waals surface area contributed by atoms with Crippen LogP contribution in [0.5, 0.6) is 0 Å². The summed E-state index contributed by atoms with van der Waals surface area (Å²) in [5.74, 6) is 1.14. The number of carbonyl (C=O) groups is 2. The minimum absolute atomic E-state index is 0.0536. The average molecular weight is 542 g/mol. The molecule has 1 atom stereocenters. The van der Waals surface area contributed by atoms with Crippen LogP contribution in [0.1, 0.15) is 61.3 Å². The Morgan fingerprint density at radius 3 is 2.17 bits per heavy atom. The smallest absolute Gasteiger partial charge is 0.407 e. The van der Waals surface area contributed by atoms with Crippen molar-refractivity contribution < 1.29 is 24.2 Å². The quantitative estimate of drug-likeness (QED) is 0.378. The SMILES string of the molecule is O=C(N[C@@H](Cc1cncn1COC12CC3CC(CC(C3)C1)C2)C(=O)O)OCC1c2ccccc2-c2ccccc21. The zero-order valence-electron chi connectivity index (χ0n) is 22.5. The lowest BCUT2D eigenvalue weighted by molar-refractivity contribution is -0.181. The van der Waals surface area contributed by atoms with E-state index in [0.717, 1.165) is 59.3 Å². The fourth-order valence-electron chi connectivity index (χ4n) is 8.24. The van der Waals surface area contributed by atoms with Gasteiger partial charge >= 0.3 is 12.1 Å². The van der Waals surface area contributed by atoms with E-state index in [1.807, 2.05) is 41.0 Å². The molecule has 40 heavy (non-hydrogen) atoms. The molecule has 0 saturated heterocycles. The number of hydrogen-bond acceptors (Lipinski definition) is 5. The molecular formula is C32H35N3O5. The summed E-state index contributed by atoms with van der Waals surface area (Å²) in [6, 6.07) is 15.1. The van der Waals surface area contributed by atoms with E-state index in [1.54, 1.807) is 12.5 Å². The van der Waals surface area contributed by atoms with Crippen LogP contribution in [-0.2, 0) is 27.4 Å². The minimum Gasteiger partial charge on any atom is -0.480 e. The normalized spacial score (nSPS) is 26.8. The van der Waals surface area contributed by atoms with E-state index in [9.17, 15) is 14.7 Å². The molecule has 3 aromatic rings. The van der Waals surface area contributed by atoms with Crippen LogP contribution in [0.2, 0.25) is 0 Å². The number of aromatic nitrogens is 2. The molecular weight excluding hydrogens is 506 g/mol. The Morgan fingerprint density at radius 2 is 1.57 bits per heavy atom. The Morgan fingerprint density at radius 1 is 0.975 bits per heavy atom. The van der Waals surface area contributed by atoms with Crippen LogP contribution < -0.4 is 5.32 Å². The van der Waals surface area contributed by atoms with E-state index in [1.165, 1.54) is 19.3 Å². The lowest BCUT2D eigenvalue weighted by Crippen LogP contribution is -2.52. The van der Waals surface area contributed by atoms with Crippen LogP contribution in [0.25, 0.3) is 11.1 Å². The average Bonchev–Trinajstić information content (AvgIpc) is 3.51. The van der Waals surface area contributed by atoms with Crippen molar-refractivity contribution in [3.05, 3.63) is 77.9 Å². The number of carbonyl (C=O) groups excluding carboxylic acids is 1. The van der Waals surface area contributed by atoms with Crippen LogP contribution in [0.4, 0.5) is 4.79 Å². The van der Waals surface area contributed by atoms with Gasteiger partial charge in [0.2, 0.25) is 0 Å². The molecule has 5 aliphatic carbocycles. The summed E-state index contributed by atoms with van der Waals surface area (Å²) in [5, 5.41) is 12.5. The third-order valence-corrected chi connectivity index (χ3v) is 9.64. The number of nitrogens with one attached hydrogen (secondary N) is 1. The third-order valence-electron chi connectivity index (χ3n) is 9.64. The lowest BCUT2D eigenvalue weighted by atomic mass is 9.54. The lowest BCUT2D eigenvalue weighted by Gasteiger charge is -2.56. The number of aliphatic carboxylic acids is 1. The highest BCUT2D eigenvalue weighted by Crippen LogP contribution is 2.57. The third kappa shape index (κ3) is 4.68. The highest BCUT2D eigenvalue weighted by Gasteiger charge is 2.51. The molecule has 0 aliphatic heterocycles. The Labute approximate surface area is 233 Å². The zero-order chi connectivity index (χ0) is 27.3. The number of ether oxygens (including phenoxy) is 2. The molecule has 8 rings (SSSR count). The largest absolute Gasteiger partial charge is 0.480 e. The summed E-state index contributed by atoms with van der Waals surface area (Å²) in [4.78, 5) is 29.2. The van der Waals surface area contributed by atoms with Crippen molar-refractivity contribution in [2.75, 3.05) is 6.61 Å². The standard InChI is InChI=1S/C32H35N3O5/c36-30(37)29(34-31(38)39-17-28-26-7-3-1-5-24(26)25-6-2-4-8-27(25)28)12-23-16-33-18-35(23)19-40-32-13-20-9-21(14-32)11-22(10-20)15-32/h1-8,16,18,20-22,28-29H,9-15,17,19H2,(H,34,38)(H,36,37)/t20?,21?,22?,29-,32?/m0/s1. The summed E-state index contributed by atoms with van der Waals surface area (Å²) in [6.45, 7) is 0.474. The molecule has 5 aliphatic rings. The molecule has 1 aromatic heterocycles. The van der Waals surface area contributed by atoms with Gasteiger partial charge in [0.25, 0.3) is 0 Å². The summed E-state index contributed by atoms with van der Waals surface area (Å²) in [6.07, 6.45) is 10.1. The minimum atomic E-state index is -1.15. The Hall–Kier alpha value is -3.65. The van der Waals surface area contributed by atoms with E-state index >= 15 is 0 Å². The summed E-state index contributed by atoms with van der Waals surface area (Å²) in [5.41, 5.74) is 5.14. The van der Waals surface area contributed by atoms with Crippen LogP contribution in [0.15, 0.2) is 61.1 Å². The zero-order valence-corrected chi connectivity index (χ0v) is 22.5. The van der Waals surface area contributed by atoms with Crippen LogP contribution in [0, 0.1) is 17.8 Å². The number of alkyl carbamates (subject to hydrolysis) is 1. The molecule has 0 spiro atoms. The molecule has 8 heteroatoms. The first kappa shape index (κ1) is 25.3. The maximum Gasteiger partial charge on any atom is 0.407 e. The topological polar surface area (TPSA) is 103 Å². The highest BCUT2D eigenvalue weighted by molar-refractivity contribution is 5.81. The van der Waals surface area contributed by atoms with Gasteiger partial charge in [0.15, 0.2) is 0 Å². The van der Waals surface area contributed by atoms with Gasteiger partial charge in [0, 0.05) is 24.2 Å². The highest BCUT2D eigenvalue weighted by atomic mass is 16.5. The molecule has 1 heterocycles. The van der Waals surface area contributed by atoms with Gasteiger partial charge in [0.1, 0.15) is 19.4 Å². The number of hydrogen-bond donors (Lipinski definition) is 2. The number of benzene rings is 2. The second-order valence-electron chi connectivity index (χ2n) is 12.3. The predicted octanol–water partition coefficient (Wildman–Crippen LogP) is 5.36. The van der Waals surface area contributed by atoms with Crippen LogP contribution in [0.3, 0.4) is 0 Å². The number of imidazole rings is 1. The first-order valence-corrected chi connectivity index (χ1v) is 14.4. The number of amides is 1. The Balaban J connectivity index is 0.978. The van der Waals surface area contributed by atoms with E-state index in [0.29, 0.717) is 12.4 Å². The first-order chi connectivity index (χ1) is 19.5. The second kappa shape index (κ2) is 10.1. The van der Waals surface area contributed by atoms with Gasteiger partial charge in [-0.15, -0.1) is 0 Å². The molecule has 8 nitrogen and oxygen atoms in total. The molecule has 4 saturated carbocycles. The van der Waals surface area contributed by atoms with Crippen molar-refractivity contribution in [2.45, 2.75) is 69.2 Å². The molecule has 0 radical (unpaired) electrons.